The third kappa shape index (κ3) is 2.68. The Balaban J connectivity index is 1.85. The molecule has 94 valence electrons. The predicted molar refractivity (Wildman–Crippen MR) is 64.3 cm³/mol. The number of ether oxygens (including phenoxy) is 2. The summed E-state index contributed by atoms with van der Waals surface area (Å²) in [6.07, 6.45) is 2.52. The number of carbonyl (C=O) groups is 2. The van der Waals surface area contributed by atoms with Gasteiger partial charge in [0.15, 0.2) is 0 Å². The molecule has 0 spiro atoms. The molecular weight excluding hydrogens is 234 g/mol. The summed E-state index contributed by atoms with van der Waals surface area (Å²) in [5, 5.41) is 0. The van der Waals surface area contributed by atoms with Gasteiger partial charge in [-0.15, -0.1) is 0 Å². The van der Waals surface area contributed by atoms with Crippen LogP contribution >= 0.6 is 0 Å². The van der Waals surface area contributed by atoms with Crippen LogP contribution in [0.2, 0.25) is 0 Å². The summed E-state index contributed by atoms with van der Waals surface area (Å²) < 4.78 is 10.5. The minimum Gasteiger partial charge on any atom is -0.497 e. The van der Waals surface area contributed by atoms with Gasteiger partial charge in [0.25, 0.3) is 11.8 Å². The van der Waals surface area contributed by atoms with Gasteiger partial charge in [-0.05, 0) is 12.1 Å². The van der Waals surface area contributed by atoms with Crippen LogP contribution in [0.1, 0.15) is 0 Å². The molecule has 1 aliphatic rings. The summed E-state index contributed by atoms with van der Waals surface area (Å²) in [6, 6.07) is 7.15. The maximum absolute atomic E-state index is 11.3. The number of methoxy groups -OCH3 is 1. The largest absolute Gasteiger partial charge is 0.497 e. The van der Waals surface area contributed by atoms with E-state index < -0.39 is 0 Å². The minimum atomic E-state index is -0.297. The third-order valence-electron chi connectivity index (χ3n) is 2.53. The number of hydrogen-bond acceptors (Lipinski definition) is 4. The quantitative estimate of drug-likeness (QED) is 0.728. The van der Waals surface area contributed by atoms with E-state index in [0.29, 0.717) is 11.5 Å². The molecular formula is C13H13NO4. The van der Waals surface area contributed by atoms with Crippen LogP contribution in [-0.2, 0) is 9.59 Å². The van der Waals surface area contributed by atoms with Crippen molar-refractivity contribution in [3.63, 3.8) is 0 Å². The number of hydrogen-bond donors (Lipinski definition) is 0. The first kappa shape index (κ1) is 12.2. The summed E-state index contributed by atoms with van der Waals surface area (Å²) in [5.41, 5.74) is 0. The Morgan fingerprint density at radius 3 is 2.44 bits per heavy atom. The van der Waals surface area contributed by atoms with Crippen LogP contribution in [0.3, 0.4) is 0 Å². The van der Waals surface area contributed by atoms with Crippen LogP contribution in [0.4, 0.5) is 0 Å². The number of carbonyl (C=O) groups excluding carboxylic acids is 2. The second-order valence-electron chi connectivity index (χ2n) is 3.69. The molecule has 0 saturated carbocycles. The second kappa shape index (κ2) is 5.35. The van der Waals surface area contributed by atoms with Crippen LogP contribution in [0, 0.1) is 0 Å². The van der Waals surface area contributed by atoms with Crippen molar-refractivity contribution in [2.75, 3.05) is 20.3 Å². The van der Waals surface area contributed by atoms with Crippen molar-refractivity contribution in [3.8, 4) is 11.5 Å². The van der Waals surface area contributed by atoms with Crippen LogP contribution < -0.4 is 9.47 Å². The van der Waals surface area contributed by atoms with Crippen molar-refractivity contribution < 1.29 is 19.1 Å². The monoisotopic (exact) mass is 247 g/mol. The molecule has 0 radical (unpaired) electrons. The zero-order chi connectivity index (χ0) is 13.0. The molecule has 0 saturated heterocycles. The average molecular weight is 247 g/mol. The number of rotatable bonds is 5. The summed E-state index contributed by atoms with van der Waals surface area (Å²) in [5.74, 6) is 0.743. The fraction of sp³-hybridized carbons (Fsp3) is 0.231. The lowest BCUT2D eigenvalue weighted by Crippen LogP contribution is -2.33. The second-order valence-corrected chi connectivity index (χ2v) is 3.69. The number of amides is 2. The summed E-state index contributed by atoms with van der Waals surface area (Å²) in [6.45, 7) is 0.494. The van der Waals surface area contributed by atoms with E-state index in [4.69, 9.17) is 9.47 Å². The predicted octanol–water partition coefficient (Wildman–Crippen LogP) is 0.999. The highest BCUT2D eigenvalue weighted by Crippen LogP contribution is 2.18. The Hall–Kier alpha value is -2.30. The molecule has 2 rings (SSSR count). The molecule has 18 heavy (non-hydrogen) atoms. The van der Waals surface area contributed by atoms with Gasteiger partial charge < -0.3 is 9.47 Å². The Kier molecular flexibility index (Phi) is 3.62. The van der Waals surface area contributed by atoms with E-state index in [9.17, 15) is 9.59 Å². The highest BCUT2D eigenvalue weighted by Gasteiger charge is 2.22. The lowest BCUT2D eigenvalue weighted by molar-refractivity contribution is -0.137. The van der Waals surface area contributed by atoms with E-state index >= 15 is 0 Å². The molecule has 0 atom stereocenters. The normalized spacial score (nSPS) is 14.2. The van der Waals surface area contributed by atoms with Gasteiger partial charge in [0.05, 0.1) is 13.7 Å². The summed E-state index contributed by atoms with van der Waals surface area (Å²) in [7, 11) is 1.58. The van der Waals surface area contributed by atoms with Gasteiger partial charge in [0, 0.05) is 18.2 Å². The molecule has 5 heteroatoms. The van der Waals surface area contributed by atoms with Crippen LogP contribution in [0.25, 0.3) is 0 Å². The molecule has 1 aromatic carbocycles. The van der Waals surface area contributed by atoms with E-state index in [1.54, 1.807) is 19.2 Å². The zero-order valence-electron chi connectivity index (χ0n) is 9.96. The van der Waals surface area contributed by atoms with Crippen molar-refractivity contribution in [1.82, 2.24) is 4.90 Å². The fourth-order valence-electron chi connectivity index (χ4n) is 1.60. The van der Waals surface area contributed by atoms with Crippen molar-refractivity contribution in [2.45, 2.75) is 0 Å². The number of benzene rings is 1. The van der Waals surface area contributed by atoms with E-state index in [0.717, 1.165) is 4.90 Å². The van der Waals surface area contributed by atoms with E-state index in [-0.39, 0.29) is 25.0 Å². The molecule has 0 aliphatic carbocycles. The van der Waals surface area contributed by atoms with Crippen molar-refractivity contribution >= 4 is 11.8 Å². The minimum absolute atomic E-state index is 0.238. The van der Waals surface area contributed by atoms with Crippen LogP contribution in [-0.4, -0.2) is 37.0 Å². The molecule has 0 bridgehead atoms. The Morgan fingerprint density at radius 2 is 1.78 bits per heavy atom. The van der Waals surface area contributed by atoms with E-state index in [1.165, 1.54) is 12.2 Å². The molecule has 0 N–H and O–H groups in total. The zero-order valence-corrected chi connectivity index (χ0v) is 9.96. The van der Waals surface area contributed by atoms with E-state index in [1.807, 2.05) is 12.1 Å². The van der Waals surface area contributed by atoms with Gasteiger partial charge in [0.2, 0.25) is 0 Å². The van der Waals surface area contributed by atoms with Gasteiger partial charge in [-0.1, -0.05) is 6.07 Å². The topological polar surface area (TPSA) is 55.8 Å². The van der Waals surface area contributed by atoms with E-state index in [2.05, 4.69) is 0 Å². The highest BCUT2D eigenvalue weighted by atomic mass is 16.5. The first-order valence-electron chi connectivity index (χ1n) is 5.51. The van der Waals surface area contributed by atoms with Gasteiger partial charge >= 0.3 is 0 Å². The Bertz CT molecular complexity index is 478. The maximum Gasteiger partial charge on any atom is 0.253 e. The average Bonchev–Trinajstić information content (AvgIpc) is 2.70. The molecule has 2 amide bonds. The standard InChI is InChI=1S/C13H13NO4/c1-17-10-3-2-4-11(9-10)18-8-7-14-12(15)5-6-13(14)16/h2-6,9H,7-8H2,1H3. The third-order valence-corrected chi connectivity index (χ3v) is 2.53. The number of nitrogens with zero attached hydrogens (tertiary/aromatic N) is 1. The molecule has 1 aromatic rings. The molecule has 5 nitrogen and oxygen atoms in total. The molecule has 1 heterocycles. The summed E-state index contributed by atoms with van der Waals surface area (Å²) in [4.78, 5) is 23.7. The fourth-order valence-corrected chi connectivity index (χ4v) is 1.60. The summed E-state index contributed by atoms with van der Waals surface area (Å²) >= 11 is 0. The molecule has 0 aromatic heterocycles. The first-order chi connectivity index (χ1) is 8.70. The highest BCUT2D eigenvalue weighted by molar-refractivity contribution is 6.12. The smallest absolute Gasteiger partial charge is 0.253 e. The lowest BCUT2D eigenvalue weighted by Gasteiger charge is -2.14. The van der Waals surface area contributed by atoms with Gasteiger partial charge in [-0.2, -0.15) is 0 Å². The molecule has 0 unspecified atom stereocenters. The number of imide groups is 1. The first-order valence-corrected chi connectivity index (χ1v) is 5.51. The van der Waals surface area contributed by atoms with Crippen LogP contribution in [0.5, 0.6) is 11.5 Å². The Morgan fingerprint density at radius 1 is 1.11 bits per heavy atom. The van der Waals surface area contributed by atoms with Gasteiger partial charge in [-0.3, -0.25) is 14.5 Å². The maximum atomic E-state index is 11.3. The molecule has 0 fully saturated rings. The van der Waals surface area contributed by atoms with Gasteiger partial charge in [-0.25, -0.2) is 0 Å². The Labute approximate surface area is 105 Å². The molecule has 1 aliphatic heterocycles. The van der Waals surface area contributed by atoms with Crippen LogP contribution in [0.15, 0.2) is 36.4 Å². The SMILES string of the molecule is COc1cccc(OCCN2C(=O)C=CC2=O)c1. The van der Waals surface area contributed by atoms with Crippen molar-refractivity contribution in [1.29, 1.82) is 0 Å². The van der Waals surface area contributed by atoms with Crippen molar-refractivity contribution in [3.05, 3.63) is 36.4 Å². The lowest BCUT2D eigenvalue weighted by atomic mass is 10.3. The van der Waals surface area contributed by atoms with Gasteiger partial charge in [0.1, 0.15) is 18.1 Å². The van der Waals surface area contributed by atoms with Crippen molar-refractivity contribution in [2.24, 2.45) is 0 Å².